The number of nitrogens with one attached hydrogen (secondary N) is 1. The quantitative estimate of drug-likeness (QED) is 0.652. The van der Waals surface area contributed by atoms with Gasteiger partial charge in [-0.3, -0.25) is 11.3 Å². The second kappa shape index (κ2) is 6.53. The SMILES string of the molecule is Cc1cccc(C(Cc2c(C)cccc2C)NN)c1Br. The molecule has 0 saturated heterocycles. The van der Waals surface area contributed by atoms with Crippen LogP contribution < -0.4 is 11.3 Å². The predicted molar refractivity (Wildman–Crippen MR) is 88.6 cm³/mol. The largest absolute Gasteiger partial charge is 0.271 e. The van der Waals surface area contributed by atoms with E-state index < -0.39 is 0 Å². The minimum atomic E-state index is 0.101. The number of nitrogens with two attached hydrogens (primary N) is 1. The van der Waals surface area contributed by atoms with Crippen molar-refractivity contribution in [1.82, 2.24) is 5.43 Å². The summed E-state index contributed by atoms with van der Waals surface area (Å²) >= 11 is 3.68. The van der Waals surface area contributed by atoms with Gasteiger partial charge in [-0.1, -0.05) is 52.3 Å². The molecule has 2 rings (SSSR count). The van der Waals surface area contributed by atoms with Crippen LogP contribution in [-0.4, -0.2) is 0 Å². The molecule has 1 atom stereocenters. The average molecular weight is 333 g/mol. The number of halogens is 1. The summed E-state index contributed by atoms with van der Waals surface area (Å²) in [6.07, 6.45) is 0.886. The Hall–Kier alpha value is -1.16. The molecule has 0 heterocycles. The van der Waals surface area contributed by atoms with E-state index in [0.29, 0.717) is 0 Å². The van der Waals surface area contributed by atoms with Crippen LogP contribution >= 0.6 is 15.9 Å². The summed E-state index contributed by atoms with van der Waals surface area (Å²) < 4.78 is 1.13. The highest BCUT2D eigenvalue weighted by molar-refractivity contribution is 9.10. The van der Waals surface area contributed by atoms with Gasteiger partial charge in [0.2, 0.25) is 0 Å². The van der Waals surface area contributed by atoms with Crippen molar-refractivity contribution in [2.75, 3.05) is 0 Å². The van der Waals surface area contributed by atoms with Gasteiger partial charge in [0.1, 0.15) is 0 Å². The maximum atomic E-state index is 5.80. The Kier molecular flexibility index (Phi) is 4.97. The molecule has 0 aliphatic heterocycles. The molecule has 2 aromatic rings. The highest BCUT2D eigenvalue weighted by atomic mass is 79.9. The molecule has 3 N–H and O–H groups in total. The normalized spacial score (nSPS) is 12.4. The van der Waals surface area contributed by atoms with E-state index in [1.807, 2.05) is 0 Å². The topological polar surface area (TPSA) is 38.0 Å². The van der Waals surface area contributed by atoms with E-state index in [-0.39, 0.29) is 6.04 Å². The van der Waals surface area contributed by atoms with Crippen molar-refractivity contribution in [2.24, 2.45) is 5.84 Å². The first kappa shape index (κ1) is 15.2. The number of benzene rings is 2. The van der Waals surface area contributed by atoms with Crippen molar-refractivity contribution < 1.29 is 0 Å². The van der Waals surface area contributed by atoms with Gasteiger partial charge in [-0.2, -0.15) is 0 Å². The molecule has 106 valence electrons. The molecule has 0 fully saturated rings. The van der Waals surface area contributed by atoms with Crippen LogP contribution in [-0.2, 0) is 6.42 Å². The van der Waals surface area contributed by atoms with Gasteiger partial charge >= 0.3 is 0 Å². The van der Waals surface area contributed by atoms with Crippen molar-refractivity contribution in [3.05, 3.63) is 68.7 Å². The fourth-order valence-corrected chi connectivity index (χ4v) is 3.11. The minimum absolute atomic E-state index is 0.101. The maximum absolute atomic E-state index is 5.80. The second-order valence-corrected chi connectivity index (χ2v) is 6.06. The molecule has 1 unspecified atom stereocenters. The smallest absolute Gasteiger partial charge is 0.0511 e. The first-order valence-corrected chi connectivity index (χ1v) is 7.60. The number of hydrogen-bond acceptors (Lipinski definition) is 2. The van der Waals surface area contributed by atoms with Gasteiger partial charge in [0.15, 0.2) is 0 Å². The van der Waals surface area contributed by atoms with Crippen LogP contribution in [0.2, 0.25) is 0 Å². The Morgan fingerprint density at radius 3 is 2.15 bits per heavy atom. The van der Waals surface area contributed by atoms with Crippen LogP contribution in [0.5, 0.6) is 0 Å². The fraction of sp³-hybridized carbons (Fsp3) is 0.294. The lowest BCUT2D eigenvalue weighted by molar-refractivity contribution is 0.547. The van der Waals surface area contributed by atoms with Crippen molar-refractivity contribution >= 4 is 15.9 Å². The second-order valence-electron chi connectivity index (χ2n) is 5.27. The minimum Gasteiger partial charge on any atom is -0.271 e. The Balaban J connectivity index is 2.37. The van der Waals surface area contributed by atoms with E-state index >= 15 is 0 Å². The lowest BCUT2D eigenvalue weighted by Crippen LogP contribution is -2.30. The molecule has 0 spiro atoms. The van der Waals surface area contributed by atoms with Crippen molar-refractivity contribution in [3.63, 3.8) is 0 Å². The van der Waals surface area contributed by atoms with Gasteiger partial charge in [-0.25, -0.2) is 0 Å². The third-order valence-electron chi connectivity index (χ3n) is 3.85. The zero-order valence-corrected chi connectivity index (χ0v) is 13.8. The Morgan fingerprint density at radius 1 is 1.00 bits per heavy atom. The summed E-state index contributed by atoms with van der Waals surface area (Å²) in [5.41, 5.74) is 9.38. The van der Waals surface area contributed by atoms with Gasteiger partial charge in [0, 0.05) is 4.47 Å². The van der Waals surface area contributed by atoms with Crippen molar-refractivity contribution in [2.45, 2.75) is 33.2 Å². The van der Waals surface area contributed by atoms with E-state index in [2.05, 4.69) is 78.5 Å². The lowest BCUT2D eigenvalue weighted by atomic mass is 9.93. The molecule has 0 aliphatic rings. The van der Waals surface area contributed by atoms with Gasteiger partial charge in [-0.15, -0.1) is 0 Å². The third-order valence-corrected chi connectivity index (χ3v) is 4.93. The van der Waals surface area contributed by atoms with Crippen molar-refractivity contribution in [3.8, 4) is 0 Å². The molecule has 0 aromatic heterocycles. The van der Waals surface area contributed by atoms with E-state index in [1.54, 1.807) is 0 Å². The summed E-state index contributed by atoms with van der Waals surface area (Å²) in [5.74, 6) is 5.80. The molecule has 0 saturated carbocycles. The van der Waals surface area contributed by atoms with E-state index in [1.165, 1.54) is 27.8 Å². The van der Waals surface area contributed by atoms with Gasteiger partial charge < -0.3 is 0 Å². The van der Waals surface area contributed by atoms with Crippen LogP contribution in [0.1, 0.15) is 33.9 Å². The number of aryl methyl sites for hydroxylation is 3. The standard InChI is InChI=1S/C17H21BrN2/c1-11-6-4-7-12(2)15(11)10-16(20-19)14-9-5-8-13(3)17(14)18/h4-9,16,20H,10,19H2,1-3H3. The molecule has 0 amide bonds. The maximum Gasteiger partial charge on any atom is 0.0511 e. The fourth-order valence-electron chi connectivity index (χ4n) is 2.57. The zero-order chi connectivity index (χ0) is 14.7. The van der Waals surface area contributed by atoms with E-state index in [9.17, 15) is 0 Å². The molecule has 3 heteroatoms. The summed E-state index contributed by atoms with van der Waals surface area (Å²) in [4.78, 5) is 0. The summed E-state index contributed by atoms with van der Waals surface area (Å²) in [6.45, 7) is 6.41. The van der Waals surface area contributed by atoms with Crippen LogP contribution in [0, 0.1) is 20.8 Å². The summed E-state index contributed by atoms with van der Waals surface area (Å²) in [6, 6.07) is 12.8. The van der Waals surface area contributed by atoms with Gasteiger partial charge in [0.05, 0.1) is 6.04 Å². The third kappa shape index (κ3) is 3.11. The predicted octanol–water partition coefficient (Wildman–Crippen LogP) is 4.12. The number of hydrogen-bond donors (Lipinski definition) is 2. The molecular formula is C17H21BrN2. The molecular weight excluding hydrogens is 312 g/mol. The van der Waals surface area contributed by atoms with E-state index in [0.717, 1.165) is 10.9 Å². The van der Waals surface area contributed by atoms with Crippen LogP contribution in [0.15, 0.2) is 40.9 Å². The average Bonchev–Trinajstić information content (AvgIpc) is 2.42. The van der Waals surface area contributed by atoms with Crippen LogP contribution in [0.4, 0.5) is 0 Å². The van der Waals surface area contributed by atoms with E-state index in [4.69, 9.17) is 5.84 Å². The Bertz CT molecular complexity index is 588. The lowest BCUT2D eigenvalue weighted by Gasteiger charge is -2.21. The summed E-state index contributed by atoms with van der Waals surface area (Å²) in [7, 11) is 0. The molecule has 2 aromatic carbocycles. The number of rotatable bonds is 4. The highest BCUT2D eigenvalue weighted by Crippen LogP contribution is 2.29. The molecule has 2 nitrogen and oxygen atoms in total. The zero-order valence-electron chi connectivity index (χ0n) is 12.2. The van der Waals surface area contributed by atoms with Crippen LogP contribution in [0.3, 0.4) is 0 Å². The molecule has 0 bridgehead atoms. The first-order valence-electron chi connectivity index (χ1n) is 6.80. The van der Waals surface area contributed by atoms with Gasteiger partial charge in [-0.05, 0) is 55.0 Å². The highest BCUT2D eigenvalue weighted by Gasteiger charge is 2.16. The molecule has 0 radical (unpaired) electrons. The first-order chi connectivity index (χ1) is 9.54. The summed E-state index contributed by atoms with van der Waals surface area (Å²) in [5, 5.41) is 0. The van der Waals surface area contributed by atoms with Crippen LogP contribution in [0.25, 0.3) is 0 Å². The monoisotopic (exact) mass is 332 g/mol. The number of hydrazine groups is 1. The Labute approximate surface area is 129 Å². The van der Waals surface area contributed by atoms with Crippen molar-refractivity contribution in [1.29, 1.82) is 0 Å². The Morgan fingerprint density at radius 2 is 1.55 bits per heavy atom. The molecule has 0 aliphatic carbocycles. The molecule has 20 heavy (non-hydrogen) atoms. The van der Waals surface area contributed by atoms with Gasteiger partial charge in [0.25, 0.3) is 0 Å².